The van der Waals surface area contributed by atoms with E-state index in [9.17, 15) is 5.11 Å². The first-order chi connectivity index (χ1) is 6.36. The lowest BCUT2D eigenvalue weighted by molar-refractivity contribution is 0.360. The first kappa shape index (κ1) is 11.4. The Hall–Kier alpha value is -0.700. The lowest BCUT2D eigenvalue weighted by Gasteiger charge is -2.22. The van der Waals surface area contributed by atoms with Crippen LogP contribution < -0.4 is 4.74 Å². The van der Waals surface area contributed by atoms with Gasteiger partial charge in [0.25, 0.3) is 0 Å². The molecule has 0 aliphatic heterocycles. The molecule has 0 amide bonds. The fourth-order valence-corrected chi connectivity index (χ4v) is 1.80. The van der Waals surface area contributed by atoms with Gasteiger partial charge in [-0.1, -0.05) is 36.7 Å². The van der Waals surface area contributed by atoms with Crippen LogP contribution in [0.3, 0.4) is 0 Å². The number of methoxy groups -OCH3 is 1. The molecule has 2 nitrogen and oxygen atoms in total. The summed E-state index contributed by atoms with van der Waals surface area (Å²) >= 11 is 3.35. The zero-order chi connectivity index (χ0) is 10.9. The van der Waals surface area contributed by atoms with Crippen LogP contribution in [0.4, 0.5) is 0 Å². The largest absolute Gasteiger partial charge is 0.504 e. The molecular weight excluding hydrogens is 244 g/mol. The summed E-state index contributed by atoms with van der Waals surface area (Å²) in [6, 6.07) is 3.60. The number of hydrogen-bond donors (Lipinski definition) is 1. The molecule has 3 heteroatoms. The number of rotatable bonds is 1. The molecule has 0 aliphatic rings. The molecule has 0 unspecified atom stereocenters. The highest BCUT2D eigenvalue weighted by atomic mass is 79.9. The second-order valence-corrected chi connectivity index (χ2v) is 5.17. The third-order valence-corrected chi connectivity index (χ3v) is 2.50. The van der Waals surface area contributed by atoms with E-state index >= 15 is 0 Å². The van der Waals surface area contributed by atoms with E-state index in [2.05, 4.69) is 36.7 Å². The van der Waals surface area contributed by atoms with Crippen molar-refractivity contribution in [3.05, 3.63) is 22.2 Å². The first-order valence-electron chi connectivity index (χ1n) is 4.43. The summed E-state index contributed by atoms with van der Waals surface area (Å²) in [5.41, 5.74) is 0.943. The van der Waals surface area contributed by atoms with Gasteiger partial charge in [-0.05, 0) is 17.5 Å². The van der Waals surface area contributed by atoms with E-state index in [-0.39, 0.29) is 11.2 Å². The van der Waals surface area contributed by atoms with Crippen LogP contribution in [0.15, 0.2) is 16.6 Å². The Labute approximate surface area is 93.0 Å². The Morgan fingerprint density at radius 2 is 1.86 bits per heavy atom. The minimum atomic E-state index is -0.0490. The number of benzene rings is 1. The molecule has 0 radical (unpaired) electrons. The Kier molecular flexibility index (Phi) is 3.10. The maximum atomic E-state index is 9.68. The van der Waals surface area contributed by atoms with Crippen LogP contribution >= 0.6 is 15.9 Å². The van der Waals surface area contributed by atoms with Gasteiger partial charge in [-0.2, -0.15) is 0 Å². The summed E-state index contributed by atoms with van der Waals surface area (Å²) < 4.78 is 6.05. The van der Waals surface area contributed by atoms with E-state index in [1.807, 2.05) is 6.07 Å². The molecule has 0 bridgehead atoms. The highest BCUT2D eigenvalue weighted by Gasteiger charge is 2.21. The molecule has 0 aliphatic carbocycles. The fraction of sp³-hybridized carbons (Fsp3) is 0.455. The molecule has 1 aromatic carbocycles. The molecule has 78 valence electrons. The van der Waals surface area contributed by atoms with Crippen molar-refractivity contribution in [2.24, 2.45) is 0 Å². The molecule has 1 N–H and O–H groups in total. The predicted octanol–water partition coefficient (Wildman–Crippen LogP) is 3.46. The molecule has 1 rings (SSSR count). The fourth-order valence-electron chi connectivity index (χ4n) is 1.35. The maximum Gasteiger partial charge on any atom is 0.164 e. The summed E-state index contributed by atoms with van der Waals surface area (Å²) in [5.74, 6) is 0.729. The van der Waals surface area contributed by atoms with Crippen molar-refractivity contribution >= 4 is 15.9 Å². The highest BCUT2D eigenvalue weighted by Crippen LogP contribution is 2.39. The average Bonchev–Trinajstić information content (AvgIpc) is 2.01. The molecule has 0 fully saturated rings. The third kappa shape index (κ3) is 2.21. The molecule has 0 saturated carbocycles. The maximum absolute atomic E-state index is 9.68. The second-order valence-electron chi connectivity index (χ2n) is 4.26. The van der Waals surface area contributed by atoms with Gasteiger partial charge in [0.05, 0.1) is 7.11 Å². The van der Waals surface area contributed by atoms with Gasteiger partial charge in [0.2, 0.25) is 0 Å². The van der Waals surface area contributed by atoms with Crippen molar-refractivity contribution in [1.82, 2.24) is 0 Å². The number of aromatic hydroxyl groups is 1. The van der Waals surface area contributed by atoms with Gasteiger partial charge < -0.3 is 9.84 Å². The van der Waals surface area contributed by atoms with E-state index in [4.69, 9.17) is 4.74 Å². The van der Waals surface area contributed by atoms with Crippen molar-refractivity contribution in [1.29, 1.82) is 0 Å². The lowest BCUT2D eigenvalue weighted by Crippen LogP contribution is -2.12. The number of phenols is 1. The monoisotopic (exact) mass is 258 g/mol. The van der Waals surface area contributed by atoms with Gasteiger partial charge in [-0.15, -0.1) is 0 Å². The SMILES string of the molecule is COc1c(O)cc(Br)cc1C(C)(C)C. The van der Waals surface area contributed by atoms with Crippen molar-refractivity contribution in [2.45, 2.75) is 26.2 Å². The Morgan fingerprint density at radius 1 is 1.29 bits per heavy atom. The highest BCUT2D eigenvalue weighted by molar-refractivity contribution is 9.10. The Morgan fingerprint density at radius 3 is 2.29 bits per heavy atom. The van der Waals surface area contributed by atoms with Crippen LogP contribution in [0.1, 0.15) is 26.3 Å². The third-order valence-electron chi connectivity index (χ3n) is 2.05. The van der Waals surface area contributed by atoms with E-state index in [0.717, 1.165) is 10.0 Å². The van der Waals surface area contributed by atoms with Crippen LogP contribution in [0.25, 0.3) is 0 Å². The van der Waals surface area contributed by atoms with Gasteiger partial charge >= 0.3 is 0 Å². The summed E-state index contributed by atoms with van der Waals surface area (Å²) in [6.45, 7) is 6.24. The topological polar surface area (TPSA) is 29.5 Å². The number of ether oxygens (including phenoxy) is 1. The summed E-state index contributed by atoms with van der Waals surface area (Å²) in [7, 11) is 1.57. The Balaban J connectivity index is 3.40. The number of phenolic OH excluding ortho intramolecular Hbond substituents is 1. The molecule has 0 saturated heterocycles. The van der Waals surface area contributed by atoms with Crippen LogP contribution in [0, 0.1) is 0 Å². The van der Waals surface area contributed by atoms with Gasteiger partial charge in [0.1, 0.15) is 0 Å². The quantitative estimate of drug-likeness (QED) is 0.836. The number of halogens is 1. The van der Waals surface area contributed by atoms with Crippen LogP contribution in [-0.2, 0) is 5.41 Å². The molecule has 14 heavy (non-hydrogen) atoms. The predicted molar refractivity (Wildman–Crippen MR) is 61.1 cm³/mol. The summed E-state index contributed by atoms with van der Waals surface area (Å²) in [5, 5.41) is 9.68. The van der Waals surface area contributed by atoms with E-state index < -0.39 is 0 Å². The second kappa shape index (κ2) is 3.81. The molecule has 0 aromatic heterocycles. The molecular formula is C11H15BrO2. The van der Waals surface area contributed by atoms with Crippen molar-refractivity contribution in [2.75, 3.05) is 7.11 Å². The number of hydrogen-bond acceptors (Lipinski definition) is 2. The van der Waals surface area contributed by atoms with E-state index in [0.29, 0.717) is 5.75 Å². The van der Waals surface area contributed by atoms with Gasteiger partial charge in [-0.25, -0.2) is 0 Å². The zero-order valence-electron chi connectivity index (χ0n) is 8.89. The van der Waals surface area contributed by atoms with Crippen molar-refractivity contribution in [3.63, 3.8) is 0 Å². The van der Waals surface area contributed by atoms with Gasteiger partial charge in [0, 0.05) is 10.0 Å². The first-order valence-corrected chi connectivity index (χ1v) is 5.22. The smallest absolute Gasteiger partial charge is 0.164 e. The average molecular weight is 259 g/mol. The minimum Gasteiger partial charge on any atom is -0.504 e. The molecule has 1 aromatic rings. The van der Waals surface area contributed by atoms with E-state index in [1.165, 1.54) is 0 Å². The Bertz CT molecular complexity index is 340. The normalized spacial score (nSPS) is 11.5. The zero-order valence-corrected chi connectivity index (χ0v) is 10.5. The lowest BCUT2D eigenvalue weighted by atomic mass is 9.86. The van der Waals surface area contributed by atoms with Crippen LogP contribution in [0.2, 0.25) is 0 Å². The molecule has 0 spiro atoms. The van der Waals surface area contributed by atoms with Crippen molar-refractivity contribution in [3.8, 4) is 11.5 Å². The van der Waals surface area contributed by atoms with Crippen LogP contribution in [0.5, 0.6) is 11.5 Å². The molecule has 0 heterocycles. The van der Waals surface area contributed by atoms with Crippen molar-refractivity contribution < 1.29 is 9.84 Å². The van der Waals surface area contributed by atoms with Gasteiger partial charge in [0.15, 0.2) is 11.5 Å². The van der Waals surface area contributed by atoms with Crippen LogP contribution in [-0.4, -0.2) is 12.2 Å². The minimum absolute atomic E-state index is 0.0490. The summed E-state index contributed by atoms with van der Waals surface area (Å²) in [4.78, 5) is 0. The van der Waals surface area contributed by atoms with Gasteiger partial charge in [-0.3, -0.25) is 0 Å². The molecule has 0 atom stereocenters. The summed E-state index contributed by atoms with van der Waals surface area (Å²) in [6.07, 6.45) is 0. The van der Waals surface area contributed by atoms with E-state index in [1.54, 1.807) is 13.2 Å². The standard InChI is InChI=1S/C11H15BrO2/c1-11(2,3)8-5-7(12)6-9(13)10(8)14-4/h5-6,13H,1-4H3.